The first-order valence-corrected chi connectivity index (χ1v) is 4.45. The van der Waals surface area contributed by atoms with Crippen LogP contribution in [-0.2, 0) is 9.59 Å². The molecule has 0 rings (SSSR count). The van der Waals surface area contributed by atoms with Gasteiger partial charge in [0.05, 0.1) is 13.2 Å². The molecule has 0 spiro atoms. The molecule has 0 heterocycles. The molecular formula is C11H16O4. The quantitative estimate of drug-likeness (QED) is 0.489. The number of carbonyl (C=O) groups is 2. The summed E-state index contributed by atoms with van der Waals surface area (Å²) in [6, 6.07) is 0. The fraction of sp³-hybridized carbons (Fsp3) is 0.455. The molecule has 0 bridgehead atoms. The van der Waals surface area contributed by atoms with E-state index in [1.165, 1.54) is 13.8 Å². The molecule has 4 nitrogen and oxygen atoms in total. The van der Waals surface area contributed by atoms with Gasteiger partial charge in [-0.15, -0.1) is 0 Å². The molecule has 0 aliphatic carbocycles. The summed E-state index contributed by atoms with van der Waals surface area (Å²) in [5, 5.41) is 18.3. The van der Waals surface area contributed by atoms with Gasteiger partial charge in [-0.3, -0.25) is 9.59 Å². The van der Waals surface area contributed by atoms with Gasteiger partial charge in [-0.25, -0.2) is 0 Å². The molecule has 0 aromatic rings. The lowest BCUT2D eigenvalue weighted by Gasteiger charge is -2.26. The van der Waals surface area contributed by atoms with Crippen LogP contribution in [0.15, 0.2) is 24.3 Å². The van der Waals surface area contributed by atoms with Gasteiger partial charge in [0, 0.05) is 0 Å². The first kappa shape index (κ1) is 13.7. The Balaban J connectivity index is 5.41. The van der Waals surface area contributed by atoms with Crippen molar-refractivity contribution >= 4 is 11.6 Å². The van der Waals surface area contributed by atoms with E-state index in [9.17, 15) is 9.59 Å². The molecule has 0 aromatic heterocycles. The molecule has 84 valence electrons. The molecule has 0 saturated carbocycles. The van der Waals surface area contributed by atoms with E-state index in [4.69, 9.17) is 10.2 Å². The van der Waals surface area contributed by atoms with E-state index in [1.54, 1.807) is 0 Å². The van der Waals surface area contributed by atoms with Crippen LogP contribution in [0, 0.1) is 5.41 Å². The van der Waals surface area contributed by atoms with E-state index in [0.29, 0.717) is 0 Å². The number of hydrogen-bond donors (Lipinski definition) is 2. The van der Waals surface area contributed by atoms with Gasteiger partial charge in [0.25, 0.3) is 0 Å². The number of hydrogen-bond acceptors (Lipinski definition) is 4. The predicted octanol–water partition coefficient (Wildman–Crippen LogP) is 0.248. The van der Waals surface area contributed by atoms with E-state index < -0.39 is 30.2 Å². The molecule has 2 N–H and O–H groups in total. The third kappa shape index (κ3) is 2.40. The summed E-state index contributed by atoms with van der Waals surface area (Å²) in [6.45, 7) is 8.16. The van der Waals surface area contributed by atoms with Crippen LogP contribution < -0.4 is 0 Å². The first-order valence-electron chi connectivity index (χ1n) is 4.45. The standard InChI is InChI=1S/C11H16O4/c1-7(2)9(14)11(5-12,6-13)10(15)8(3)4/h12-13H,1,3,5-6H2,2,4H3. The molecule has 0 atom stereocenters. The largest absolute Gasteiger partial charge is 0.395 e. The van der Waals surface area contributed by atoms with Crippen LogP contribution in [0.4, 0.5) is 0 Å². The van der Waals surface area contributed by atoms with Crippen molar-refractivity contribution in [2.45, 2.75) is 13.8 Å². The molecular weight excluding hydrogens is 196 g/mol. The number of rotatable bonds is 6. The molecule has 0 aliphatic heterocycles. The molecule has 0 amide bonds. The highest BCUT2D eigenvalue weighted by atomic mass is 16.3. The zero-order valence-electron chi connectivity index (χ0n) is 9.04. The van der Waals surface area contributed by atoms with E-state index in [0.717, 1.165) is 0 Å². The van der Waals surface area contributed by atoms with Crippen molar-refractivity contribution in [2.24, 2.45) is 5.41 Å². The van der Waals surface area contributed by atoms with Crippen molar-refractivity contribution in [1.29, 1.82) is 0 Å². The van der Waals surface area contributed by atoms with E-state index >= 15 is 0 Å². The zero-order chi connectivity index (χ0) is 12.2. The monoisotopic (exact) mass is 212 g/mol. The van der Waals surface area contributed by atoms with E-state index in [2.05, 4.69) is 13.2 Å². The topological polar surface area (TPSA) is 74.6 Å². The Morgan fingerprint density at radius 2 is 1.27 bits per heavy atom. The second-order valence-electron chi connectivity index (χ2n) is 3.62. The van der Waals surface area contributed by atoms with Crippen molar-refractivity contribution in [2.75, 3.05) is 13.2 Å². The molecule has 0 radical (unpaired) electrons. The van der Waals surface area contributed by atoms with Crippen LogP contribution in [0.5, 0.6) is 0 Å². The zero-order valence-corrected chi connectivity index (χ0v) is 9.04. The summed E-state index contributed by atoms with van der Waals surface area (Å²) in [5.41, 5.74) is -1.59. The minimum Gasteiger partial charge on any atom is -0.395 e. The second-order valence-corrected chi connectivity index (χ2v) is 3.62. The maximum Gasteiger partial charge on any atom is 0.176 e. The summed E-state index contributed by atoms with van der Waals surface area (Å²) >= 11 is 0. The summed E-state index contributed by atoms with van der Waals surface area (Å²) in [5.74, 6) is -1.30. The van der Waals surface area contributed by atoms with E-state index in [-0.39, 0.29) is 11.1 Å². The summed E-state index contributed by atoms with van der Waals surface area (Å²) in [6.07, 6.45) is 0. The number of Topliss-reactive ketones (excluding diaryl/α,β-unsaturated/α-hetero) is 2. The Morgan fingerprint density at radius 3 is 1.40 bits per heavy atom. The van der Waals surface area contributed by atoms with Crippen molar-refractivity contribution in [3.8, 4) is 0 Å². The van der Waals surface area contributed by atoms with Gasteiger partial charge in [-0.2, -0.15) is 0 Å². The van der Waals surface area contributed by atoms with Crippen molar-refractivity contribution < 1.29 is 19.8 Å². The number of carbonyl (C=O) groups excluding carboxylic acids is 2. The van der Waals surface area contributed by atoms with Crippen LogP contribution in [0.25, 0.3) is 0 Å². The van der Waals surface area contributed by atoms with Crippen molar-refractivity contribution in [3.05, 3.63) is 24.3 Å². The summed E-state index contributed by atoms with van der Waals surface area (Å²) in [4.78, 5) is 23.4. The Morgan fingerprint density at radius 1 is 1.00 bits per heavy atom. The SMILES string of the molecule is C=C(C)C(=O)C(CO)(CO)C(=O)C(=C)C. The average Bonchev–Trinajstić information content (AvgIpc) is 2.19. The third-order valence-electron chi connectivity index (χ3n) is 2.18. The molecule has 0 fully saturated rings. The van der Waals surface area contributed by atoms with Crippen LogP contribution in [0.1, 0.15) is 13.8 Å². The minimum absolute atomic E-state index is 0.118. The summed E-state index contributed by atoms with van der Waals surface area (Å²) in [7, 11) is 0. The Hall–Kier alpha value is -1.26. The highest BCUT2D eigenvalue weighted by molar-refractivity contribution is 6.18. The fourth-order valence-electron chi connectivity index (χ4n) is 1.26. The Bertz CT molecular complexity index is 283. The van der Waals surface area contributed by atoms with Gasteiger partial charge in [-0.05, 0) is 25.0 Å². The smallest absolute Gasteiger partial charge is 0.176 e. The maximum absolute atomic E-state index is 11.7. The highest BCUT2D eigenvalue weighted by Gasteiger charge is 2.44. The molecule has 4 heteroatoms. The molecule has 0 aliphatic rings. The van der Waals surface area contributed by atoms with Gasteiger partial charge in [-0.1, -0.05) is 13.2 Å². The van der Waals surface area contributed by atoms with Crippen molar-refractivity contribution in [3.63, 3.8) is 0 Å². The predicted molar refractivity (Wildman–Crippen MR) is 56.2 cm³/mol. The fourth-order valence-corrected chi connectivity index (χ4v) is 1.26. The van der Waals surface area contributed by atoms with Gasteiger partial charge in [0.2, 0.25) is 0 Å². The van der Waals surface area contributed by atoms with Gasteiger partial charge in [0.15, 0.2) is 11.6 Å². The van der Waals surface area contributed by atoms with Crippen LogP contribution in [0.2, 0.25) is 0 Å². The molecule has 0 unspecified atom stereocenters. The number of ketones is 2. The van der Waals surface area contributed by atoms with Crippen LogP contribution >= 0.6 is 0 Å². The highest BCUT2D eigenvalue weighted by Crippen LogP contribution is 2.25. The second kappa shape index (κ2) is 5.00. The van der Waals surface area contributed by atoms with Crippen molar-refractivity contribution in [1.82, 2.24) is 0 Å². The molecule has 0 aromatic carbocycles. The lowest BCUT2D eigenvalue weighted by Crippen LogP contribution is -2.46. The number of aliphatic hydroxyl groups excluding tert-OH is 2. The normalized spacial score (nSPS) is 10.9. The van der Waals surface area contributed by atoms with Crippen LogP contribution in [-0.4, -0.2) is 35.0 Å². The van der Waals surface area contributed by atoms with Crippen LogP contribution in [0.3, 0.4) is 0 Å². The Kier molecular flexibility index (Phi) is 4.58. The minimum atomic E-state index is -1.82. The number of allylic oxidation sites excluding steroid dienone is 2. The lowest BCUT2D eigenvalue weighted by atomic mass is 9.76. The molecule has 15 heavy (non-hydrogen) atoms. The average molecular weight is 212 g/mol. The van der Waals surface area contributed by atoms with Gasteiger partial charge < -0.3 is 10.2 Å². The third-order valence-corrected chi connectivity index (χ3v) is 2.18. The Labute approximate surface area is 88.9 Å². The van der Waals surface area contributed by atoms with Gasteiger partial charge in [0.1, 0.15) is 5.41 Å². The lowest BCUT2D eigenvalue weighted by molar-refractivity contribution is -0.142. The summed E-state index contributed by atoms with van der Waals surface area (Å²) < 4.78 is 0. The van der Waals surface area contributed by atoms with Gasteiger partial charge >= 0.3 is 0 Å². The van der Waals surface area contributed by atoms with E-state index in [1.807, 2.05) is 0 Å². The molecule has 0 saturated heterocycles. The maximum atomic E-state index is 11.7. The number of aliphatic hydroxyl groups is 2. The first-order chi connectivity index (χ1) is 6.83.